The smallest absolute Gasteiger partial charge is 0.264 e. The van der Waals surface area contributed by atoms with Crippen LogP contribution in [0.5, 0.6) is 0 Å². The Balaban J connectivity index is 2.35. The van der Waals surface area contributed by atoms with E-state index in [0.717, 1.165) is 20.9 Å². The predicted molar refractivity (Wildman–Crippen MR) is 70.6 cm³/mol. The second kappa shape index (κ2) is 4.36. The first-order valence-corrected chi connectivity index (χ1v) is 6.10. The van der Waals surface area contributed by atoms with Crippen LogP contribution in [0.15, 0.2) is 29.2 Å². The molecule has 1 aliphatic rings. The van der Waals surface area contributed by atoms with Crippen molar-refractivity contribution in [2.75, 3.05) is 0 Å². The molecular formula is C10H7IN2OS. The Labute approximate surface area is 105 Å². The number of carbonyl (C=O) groups excluding carboxylic acids is 1. The Hall–Kier alpha value is -0.820. The Morgan fingerprint density at radius 2 is 2.13 bits per heavy atom. The summed E-state index contributed by atoms with van der Waals surface area (Å²) in [6.07, 6.45) is 1.81. The van der Waals surface area contributed by atoms with Crippen molar-refractivity contribution >= 4 is 51.5 Å². The maximum absolute atomic E-state index is 11.4. The van der Waals surface area contributed by atoms with E-state index in [1.165, 1.54) is 0 Å². The van der Waals surface area contributed by atoms with Gasteiger partial charge < -0.3 is 5.32 Å². The fraction of sp³-hybridized carbons (Fsp3) is 0. The fourth-order valence-electron chi connectivity index (χ4n) is 1.17. The standard InChI is InChI=1S/C10H7IN2OS/c11-7-4-2-1-3-6(7)5-8-9(14)13-10(12)15-8/h1-5H,(H2,12,13,14). The summed E-state index contributed by atoms with van der Waals surface area (Å²) >= 11 is 3.38. The molecule has 76 valence electrons. The molecule has 1 amide bonds. The third-order valence-electron chi connectivity index (χ3n) is 1.85. The molecule has 0 spiro atoms. The minimum atomic E-state index is -0.190. The monoisotopic (exact) mass is 330 g/mol. The van der Waals surface area contributed by atoms with E-state index in [4.69, 9.17) is 5.41 Å². The van der Waals surface area contributed by atoms with Crippen molar-refractivity contribution in [1.29, 1.82) is 5.41 Å². The van der Waals surface area contributed by atoms with Crippen LogP contribution in [0.4, 0.5) is 0 Å². The number of halogens is 1. The van der Waals surface area contributed by atoms with Gasteiger partial charge >= 0.3 is 0 Å². The highest BCUT2D eigenvalue weighted by atomic mass is 127. The van der Waals surface area contributed by atoms with Crippen LogP contribution < -0.4 is 5.32 Å². The van der Waals surface area contributed by atoms with Crippen LogP contribution in [0.25, 0.3) is 6.08 Å². The molecule has 0 unspecified atom stereocenters. The lowest BCUT2D eigenvalue weighted by atomic mass is 10.2. The summed E-state index contributed by atoms with van der Waals surface area (Å²) in [5.41, 5.74) is 1.01. The Morgan fingerprint density at radius 3 is 2.73 bits per heavy atom. The van der Waals surface area contributed by atoms with Crippen molar-refractivity contribution < 1.29 is 4.79 Å². The van der Waals surface area contributed by atoms with E-state index in [-0.39, 0.29) is 11.1 Å². The second-order valence-electron chi connectivity index (χ2n) is 2.92. The van der Waals surface area contributed by atoms with Crippen molar-refractivity contribution in [3.05, 3.63) is 38.3 Å². The summed E-state index contributed by atoms with van der Waals surface area (Å²) in [5, 5.41) is 9.95. The summed E-state index contributed by atoms with van der Waals surface area (Å²) in [7, 11) is 0. The molecule has 1 aliphatic heterocycles. The molecule has 1 aromatic carbocycles. The molecule has 1 heterocycles. The van der Waals surface area contributed by atoms with E-state index < -0.39 is 0 Å². The van der Waals surface area contributed by atoms with Crippen molar-refractivity contribution in [2.45, 2.75) is 0 Å². The van der Waals surface area contributed by atoms with Gasteiger partial charge in [0.15, 0.2) is 5.17 Å². The molecule has 5 heteroatoms. The number of amidine groups is 1. The van der Waals surface area contributed by atoms with Gasteiger partial charge in [0, 0.05) is 3.57 Å². The normalized spacial score (nSPS) is 18.3. The number of thioether (sulfide) groups is 1. The van der Waals surface area contributed by atoms with Gasteiger partial charge in [0.05, 0.1) is 4.91 Å². The summed E-state index contributed by atoms with van der Waals surface area (Å²) in [5.74, 6) is -0.190. The number of carbonyl (C=O) groups is 1. The molecule has 3 nitrogen and oxygen atoms in total. The van der Waals surface area contributed by atoms with Crippen LogP contribution in [-0.2, 0) is 4.79 Å². The van der Waals surface area contributed by atoms with Gasteiger partial charge in [-0.15, -0.1) is 0 Å². The van der Waals surface area contributed by atoms with Crippen LogP contribution in [0.2, 0.25) is 0 Å². The van der Waals surface area contributed by atoms with E-state index in [2.05, 4.69) is 27.9 Å². The molecule has 1 fully saturated rings. The molecular weight excluding hydrogens is 323 g/mol. The van der Waals surface area contributed by atoms with E-state index in [1.807, 2.05) is 30.3 Å². The minimum absolute atomic E-state index is 0.190. The summed E-state index contributed by atoms with van der Waals surface area (Å²) in [6, 6.07) is 7.81. The molecule has 0 aromatic heterocycles. The number of hydrogen-bond acceptors (Lipinski definition) is 3. The van der Waals surface area contributed by atoms with Gasteiger partial charge in [-0.3, -0.25) is 10.2 Å². The molecule has 1 saturated heterocycles. The summed E-state index contributed by atoms with van der Waals surface area (Å²) in [4.78, 5) is 11.9. The van der Waals surface area contributed by atoms with Crippen molar-refractivity contribution in [2.24, 2.45) is 0 Å². The summed E-state index contributed by atoms with van der Waals surface area (Å²) in [6.45, 7) is 0. The van der Waals surface area contributed by atoms with Gasteiger partial charge in [-0.05, 0) is 52.1 Å². The van der Waals surface area contributed by atoms with Crippen LogP contribution in [0.1, 0.15) is 5.56 Å². The molecule has 0 aliphatic carbocycles. The van der Waals surface area contributed by atoms with E-state index in [1.54, 1.807) is 0 Å². The van der Waals surface area contributed by atoms with Gasteiger partial charge in [0.25, 0.3) is 5.91 Å². The average molecular weight is 330 g/mol. The van der Waals surface area contributed by atoms with Crippen LogP contribution in [0, 0.1) is 8.98 Å². The third kappa shape index (κ3) is 2.40. The van der Waals surface area contributed by atoms with Crippen LogP contribution in [-0.4, -0.2) is 11.1 Å². The van der Waals surface area contributed by atoms with Crippen molar-refractivity contribution in [3.63, 3.8) is 0 Å². The Bertz CT molecular complexity index is 470. The third-order valence-corrected chi connectivity index (χ3v) is 3.67. The fourth-order valence-corrected chi connectivity index (χ4v) is 2.41. The van der Waals surface area contributed by atoms with Gasteiger partial charge in [-0.2, -0.15) is 0 Å². The van der Waals surface area contributed by atoms with Gasteiger partial charge in [0.1, 0.15) is 0 Å². The lowest BCUT2D eigenvalue weighted by molar-refractivity contribution is -0.115. The van der Waals surface area contributed by atoms with Gasteiger partial charge in [-0.25, -0.2) is 0 Å². The van der Waals surface area contributed by atoms with Crippen LogP contribution >= 0.6 is 34.4 Å². The molecule has 0 atom stereocenters. The zero-order chi connectivity index (χ0) is 10.8. The quantitative estimate of drug-likeness (QED) is 0.614. The van der Waals surface area contributed by atoms with Crippen molar-refractivity contribution in [1.82, 2.24) is 5.32 Å². The SMILES string of the molecule is N=C1NC(=O)C(=Cc2ccccc2I)S1. The first-order chi connectivity index (χ1) is 7.16. The molecule has 0 saturated carbocycles. The number of amides is 1. The average Bonchev–Trinajstić information content (AvgIpc) is 2.49. The maximum Gasteiger partial charge on any atom is 0.264 e. The summed E-state index contributed by atoms with van der Waals surface area (Å²) < 4.78 is 1.09. The van der Waals surface area contributed by atoms with E-state index >= 15 is 0 Å². The molecule has 2 rings (SSSR count). The zero-order valence-electron chi connectivity index (χ0n) is 7.58. The van der Waals surface area contributed by atoms with E-state index in [0.29, 0.717) is 4.91 Å². The maximum atomic E-state index is 11.4. The van der Waals surface area contributed by atoms with Gasteiger partial charge in [0.2, 0.25) is 0 Å². The first kappa shape index (κ1) is 10.7. The molecule has 2 N–H and O–H groups in total. The molecule has 0 bridgehead atoms. The minimum Gasteiger partial charge on any atom is -0.301 e. The second-order valence-corrected chi connectivity index (χ2v) is 5.13. The number of benzene rings is 1. The lowest BCUT2D eigenvalue weighted by Crippen LogP contribution is -2.18. The van der Waals surface area contributed by atoms with Crippen LogP contribution in [0.3, 0.4) is 0 Å². The van der Waals surface area contributed by atoms with Crippen molar-refractivity contribution in [3.8, 4) is 0 Å². The van der Waals surface area contributed by atoms with Gasteiger partial charge in [-0.1, -0.05) is 18.2 Å². The zero-order valence-corrected chi connectivity index (χ0v) is 10.6. The molecule has 0 radical (unpaired) electrons. The highest BCUT2D eigenvalue weighted by molar-refractivity contribution is 14.1. The highest BCUT2D eigenvalue weighted by Crippen LogP contribution is 2.26. The predicted octanol–water partition coefficient (Wildman–Crippen LogP) is 2.43. The largest absolute Gasteiger partial charge is 0.301 e. The number of hydrogen-bond donors (Lipinski definition) is 2. The Morgan fingerprint density at radius 1 is 1.40 bits per heavy atom. The lowest BCUT2D eigenvalue weighted by Gasteiger charge is -1.97. The highest BCUT2D eigenvalue weighted by Gasteiger charge is 2.22. The topological polar surface area (TPSA) is 53.0 Å². The first-order valence-electron chi connectivity index (χ1n) is 4.21. The Kier molecular flexibility index (Phi) is 3.11. The van der Waals surface area contributed by atoms with E-state index in [9.17, 15) is 4.79 Å². The number of nitrogens with one attached hydrogen (secondary N) is 2. The number of rotatable bonds is 1. The molecule has 1 aromatic rings. The molecule has 15 heavy (non-hydrogen) atoms.